The molecule has 0 spiro atoms. The van der Waals surface area contributed by atoms with E-state index in [4.69, 9.17) is 9.84 Å². The van der Waals surface area contributed by atoms with Gasteiger partial charge in [0, 0.05) is 32.9 Å². The number of ether oxygens (including phenoxy) is 1. The predicted octanol–water partition coefficient (Wildman–Crippen LogP) is -0.150. The van der Waals surface area contributed by atoms with Gasteiger partial charge in [-0.05, 0) is 13.3 Å². The van der Waals surface area contributed by atoms with Crippen LogP contribution in [0.2, 0.25) is 0 Å². The molecule has 116 valence electrons. The molecule has 0 aliphatic rings. The van der Waals surface area contributed by atoms with Gasteiger partial charge in [0.05, 0.1) is 5.25 Å². The number of carbonyl (C=O) groups is 3. The van der Waals surface area contributed by atoms with Crippen LogP contribution in [0.15, 0.2) is 0 Å². The Morgan fingerprint density at radius 1 is 1.35 bits per heavy atom. The number of rotatable bonds is 10. The van der Waals surface area contributed by atoms with E-state index in [0.29, 0.717) is 13.2 Å². The van der Waals surface area contributed by atoms with Crippen molar-refractivity contribution >= 4 is 29.5 Å². The third-order valence-electron chi connectivity index (χ3n) is 2.38. The van der Waals surface area contributed by atoms with Crippen molar-refractivity contribution in [1.82, 2.24) is 10.6 Å². The van der Waals surface area contributed by atoms with Gasteiger partial charge in [0.1, 0.15) is 6.04 Å². The zero-order valence-electron chi connectivity index (χ0n) is 12.0. The van der Waals surface area contributed by atoms with Crippen molar-refractivity contribution in [2.45, 2.75) is 31.6 Å². The molecule has 0 bridgehead atoms. The average Bonchev–Trinajstić information content (AvgIpc) is 2.38. The number of methoxy groups -OCH3 is 1. The molecule has 8 heteroatoms. The fourth-order valence-corrected chi connectivity index (χ4v) is 2.25. The summed E-state index contributed by atoms with van der Waals surface area (Å²) >= 11 is 1.19. The van der Waals surface area contributed by atoms with Crippen LogP contribution in [-0.2, 0) is 19.1 Å². The molecule has 3 N–H and O–H groups in total. The number of aliphatic carboxylic acids is 1. The molecular weight excluding hydrogens is 284 g/mol. The minimum absolute atomic E-state index is 0.140. The van der Waals surface area contributed by atoms with Gasteiger partial charge in [-0.15, -0.1) is 11.8 Å². The van der Waals surface area contributed by atoms with E-state index in [1.165, 1.54) is 18.7 Å². The van der Waals surface area contributed by atoms with E-state index >= 15 is 0 Å². The Hall–Kier alpha value is -1.28. The third-order valence-corrected chi connectivity index (χ3v) is 3.62. The van der Waals surface area contributed by atoms with Crippen molar-refractivity contribution in [2.75, 3.05) is 26.0 Å². The first-order chi connectivity index (χ1) is 9.38. The molecule has 0 heterocycles. The fourth-order valence-electron chi connectivity index (χ4n) is 1.31. The molecule has 0 aliphatic carbocycles. The van der Waals surface area contributed by atoms with Gasteiger partial charge in [0.15, 0.2) is 0 Å². The molecule has 0 radical (unpaired) electrons. The Balaban J connectivity index is 4.04. The molecule has 0 fully saturated rings. The van der Waals surface area contributed by atoms with Gasteiger partial charge in [-0.1, -0.05) is 0 Å². The maximum atomic E-state index is 11.7. The van der Waals surface area contributed by atoms with Crippen molar-refractivity contribution in [1.29, 1.82) is 0 Å². The van der Waals surface area contributed by atoms with Crippen LogP contribution in [0.5, 0.6) is 0 Å². The number of hydrogen-bond acceptors (Lipinski definition) is 5. The first-order valence-electron chi connectivity index (χ1n) is 6.26. The number of carboxylic acids is 1. The average molecular weight is 306 g/mol. The molecule has 0 saturated carbocycles. The molecule has 0 aliphatic heterocycles. The van der Waals surface area contributed by atoms with Crippen LogP contribution in [0.3, 0.4) is 0 Å². The summed E-state index contributed by atoms with van der Waals surface area (Å²) in [6.45, 7) is 4.05. The highest BCUT2D eigenvalue weighted by atomic mass is 32.2. The summed E-state index contributed by atoms with van der Waals surface area (Å²) < 4.78 is 4.86. The number of amides is 2. The highest BCUT2D eigenvalue weighted by molar-refractivity contribution is 8.00. The highest BCUT2D eigenvalue weighted by Gasteiger charge is 2.21. The first-order valence-corrected chi connectivity index (χ1v) is 7.31. The molecule has 20 heavy (non-hydrogen) atoms. The summed E-state index contributed by atoms with van der Waals surface area (Å²) in [6.07, 6.45) is 0.725. The summed E-state index contributed by atoms with van der Waals surface area (Å²) in [5, 5.41) is 13.6. The van der Waals surface area contributed by atoms with Crippen LogP contribution in [0.1, 0.15) is 20.3 Å². The van der Waals surface area contributed by atoms with Crippen molar-refractivity contribution in [3.8, 4) is 0 Å². The van der Waals surface area contributed by atoms with E-state index in [1.807, 2.05) is 0 Å². The van der Waals surface area contributed by atoms with Crippen molar-refractivity contribution < 1.29 is 24.2 Å². The van der Waals surface area contributed by atoms with Gasteiger partial charge in [-0.2, -0.15) is 0 Å². The Morgan fingerprint density at radius 3 is 2.50 bits per heavy atom. The van der Waals surface area contributed by atoms with Gasteiger partial charge >= 0.3 is 5.97 Å². The predicted molar refractivity (Wildman–Crippen MR) is 76.7 cm³/mol. The second-order valence-electron chi connectivity index (χ2n) is 4.20. The van der Waals surface area contributed by atoms with Crippen LogP contribution in [-0.4, -0.2) is 60.2 Å². The van der Waals surface area contributed by atoms with Crippen LogP contribution in [0.4, 0.5) is 0 Å². The van der Waals surface area contributed by atoms with E-state index in [0.717, 1.165) is 6.42 Å². The lowest BCUT2D eigenvalue weighted by Gasteiger charge is -2.16. The fraction of sp³-hybridized carbons (Fsp3) is 0.750. The summed E-state index contributed by atoms with van der Waals surface area (Å²) in [5.74, 6) is -1.53. The summed E-state index contributed by atoms with van der Waals surface area (Å²) in [5.41, 5.74) is 0. The highest BCUT2D eigenvalue weighted by Crippen LogP contribution is 2.12. The number of carboxylic acid groups (broad SMARTS) is 1. The maximum absolute atomic E-state index is 11.7. The Kier molecular flexibility index (Phi) is 9.83. The normalized spacial score (nSPS) is 13.3. The molecule has 0 saturated heterocycles. The SMILES string of the molecule is COCCCNC(=O)C(C)SC[C@H](NC(C)=O)C(=O)O. The molecule has 1 unspecified atom stereocenters. The minimum Gasteiger partial charge on any atom is -0.480 e. The quantitative estimate of drug-likeness (QED) is 0.485. The lowest BCUT2D eigenvalue weighted by Crippen LogP contribution is -2.42. The van der Waals surface area contributed by atoms with E-state index < -0.39 is 17.9 Å². The van der Waals surface area contributed by atoms with E-state index in [9.17, 15) is 14.4 Å². The number of hydrogen-bond donors (Lipinski definition) is 3. The molecule has 2 atom stereocenters. The molecule has 2 amide bonds. The van der Waals surface area contributed by atoms with Gasteiger partial charge < -0.3 is 20.5 Å². The molecular formula is C12H22N2O5S. The largest absolute Gasteiger partial charge is 0.480 e. The van der Waals surface area contributed by atoms with Gasteiger partial charge in [-0.3, -0.25) is 9.59 Å². The second kappa shape index (κ2) is 10.5. The van der Waals surface area contributed by atoms with Crippen molar-refractivity contribution in [2.24, 2.45) is 0 Å². The van der Waals surface area contributed by atoms with Gasteiger partial charge in [0.25, 0.3) is 0 Å². The molecule has 0 aromatic heterocycles. The Morgan fingerprint density at radius 2 is 2.00 bits per heavy atom. The van der Waals surface area contributed by atoms with Crippen molar-refractivity contribution in [3.05, 3.63) is 0 Å². The number of nitrogens with one attached hydrogen (secondary N) is 2. The first kappa shape index (κ1) is 18.7. The van der Waals surface area contributed by atoms with Crippen LogP contribution >= 0.6 is 11.8 Å². The van der Waals surface area contributed by atoms with Crippen LogP contribution < -0.4 is 10.6 Å². The summed E-state index contributed by atoms with van der Waals surface area (Å²) in [6, 6.07) is -0.985. The standard InChI is InChI=1S/C12H22N2O5S/c1-8(11(16)13-5-4-6-19-3)20-7-10(12(17)18)14-9(2)15/h8,10H,4-7H2,1-3H3,(H,13,16)(H,14,15)(H,17,18)/t8?,10-/m0/s1. The number of carbonyl (C=O) groups excluding carboxylic acids is 2. The third kappa shape index (κ3) is 8.76. The number of thioether (sulfide) groups is 1. The van der Waals surface area contributed by atoms with E-state index in [-0.39, 0.29) is 16.9 Å². The summed E-state index contributed by atoms with van der Waals surface area (Å²) in [4.78, 5) is 33.5. The second-order valence-corrected chi connectivity index (χ2v) is 5.58. The lowest BCUT2D eigenvalue weighted by molar-refractivity contribution is -0.140. The van der Waals surface area contributed by atoms with Gasteiger partial charge in [0.2, 0.25) is 11.8 Å². The molecule has 7 nitrogen and oxygen atoms in total. The Bertz CT molecular complexity index is 338. The molecule has 0 aromatic rings. The topological polar surface area (TPSA) is 105 Å². The molecule has 0 aromatic carbocycles. The molecule has 0 rings (SSSR count). The van der Waals surface area contributed by atoms with Crippen LogP contribution in [0, 0.1) is 0 Å². The van der Waals surface area contributed by atoms with Crippen molar-refractivity contribution in [3.63, 3.8) is 0 Å². The van der Waals surface area contributed by atoms with E-state index in [1.54, 1.807) is 14.0 Å². The summed E-state index contributed by atoms with van der Waals surface area (Å²) in [7, 11) is 1.59. The zero-order valence-corrected chi connectivity index (χ0v) is 12.8. The van der Waals surface area contributed by atoms with E-state index in [2.05, 4.69) is 10.6 Å². The zero-order chi connectivity index (χ0) is 15.5. The minimum atomic E-state index is -1.11. The Labute approximate surface area is 122 Å². The maximum Gasteiger partial charge on any atom is 0.327 e. The van der Waals surface area contributed by atoms with Crippen LogP contribution in [0.25, 0.3) is 0 Å². The smallest absolute Gasteiger partial charge is 0.327 e. The van der Waals surface area contributed by atoms with Gasteiger partial charge in [-0.25, -0.2) is 4.79 Å². The monoisotopic (exact) mass is 306 g/mol. The lowest BCUT2D eigenvalue weighted by atomic mass is 10.3.